The first-order valence-corrected chi connectivity index (χ1v) is 5.46. The molecule has 1 aromatic carbocycles. The van der Waals surface area contributed by atoms with E-state index in [1.165, 1.54) is 13.3 Å². The Morgan fingerprint density at radius 2 is 2.06 bits per heavy atom. The Morgan fingerprint density at radius 1 is 1.33 bits per heavy atom. The highest BCUT2D eigenvalue weighted by molar-refractivity contribution is 6.34. The molecule has 0 radical (unpaired) electrons. The second kappa shape index (κ2) is 7.05. The van der Waals surface area contributed by atoms with Gasteiger partial charge in [-0.2, -0.15) is 5.10 Å². The van der Waals surface area contributed by atoms with Crippen LogP contribution in [0.4, 0.5) is 0 Å². The van der Waals surface area contributed by atoms with Crippen molar-refractivity contribution in [1.29, 1.82) is 0 Å². The average Bonchev–Trinajstić information content (AvgIpc) is 2.40. The Bertz CT molecular complexity index is 458. The van der Waals surface area contributed by atoms with Crippen molar-refractivity contribution < 1.29 is 14.3 Å². The molecule has 0 atom stereocenters. The molecule has 1 aromatic rings. The van der Waals surface area contributed by atoms with E-state index in [9.17, 15) is 9.59 Å². The van der Waals surface area contributed by atoms with Gasteiger partial charge >= 0.3 is 11.8 Å². The smallest absolute Gasteiger partial charge is 0.329 e. The molecule has 0 unspecified atom stereocenters. The first kappa shape index (κ1) is 13.7. The monoisotopic (exact) mass is 249 g/mol. The zero-order valence-electron chi connectivity index (χ0n) is 10.3. The molecule has 0 aromatic heterocycles. The molecule has 0 aliphatic heterocycles. The quantitative estimate of drug-likeness (QED) is 0.457. The van der Waals surface area contributed by atoms with E-state index < -0.39 is 11.8 Å². The van der Waals surface area contributed by atoms with Crippen molar-refractivity contribution in [2.75, 3.05) is 13.7 Å². The van der Waals surface area contributed by atoms with E-state index in [1.54, 1.807) is 12.1 Å². The molecule has 0 heterocycles. The summed E-state index contributed by atoms with van der Waals surface area (Å²) >= 11 is 0. The lowest BCUT2D eigenvalue weighted by atomic mass is 10.2. The summed E-state index contributed by atoms with van der Waals surface area (Å²) in [5.41, 5.74) is 2.83. The molecule has 0 saturated carbocycles. The standard InChI is InChI=1S/C12H15N3O3/c1-3-18-10-7-5-4-6-9(10)8-14-15-12(17)11(16)13-2/h4-8H,3H2,1-2H3,(H,13,16)(H,15,17)/b14-8-. The minimum Gasteiger partial charge on any atom is -0.493 e. The SMILES string of the molecule is CCOc1ccccc1/C=N\NC(=O)C(=O)NC. The van der Waals surface area contributed by atoms with Crippen LogP contribution in [0.5, 0.6) is 5.75 Å². The molecule has 2 amide bonds. The number of carbonyl (C=O) groups excluding carboxylic acids is 2. The number of nitrogens with one attached hydrogen (secondary N) is 2. The fourth-order valence-corrected chi connectivity index (χ4v) is 1.20. The molecule has 18 heavy (non-hydrogen) atoms. The van der Waals surface area contributed by atoms with E-state index in [1.807, 2.05) is 19.1 Å². The summed E-state index contributed by atoms with van der Waals surface area (Å²) in [4.78, 5) is 22.0. The second-order valence-corrected chi connectivity index (χ2v) is 3.25. The van der Waals surface area contributed by atoms with Gasteiger partial charge in [0.15, 0.2) is 0 Å². The van der Waals surface area contributed by atoms with E-state index in [4.69, 9.17) is 4.74 Å². The normalized spacial score (nSPS) is 10.1. The minimum atomic E-state index is -0.817. The molecule has 6 nitrogen and oxygen atoms in total. The zero-order chi connectivity index (χ0) is 13.4. The molecule has 96 valence electrons. The highest BCUT2D eigenvalue weighted by atomic mass is 16.5. The van der Waals surface area contributed by atoms with Crippen LogP contribution in [-0.4, -0.2) is 31.7 Å². The number of para-hydroxylation sites is 1. The Hall–Kier alpha value is -2.37. The van der Waals surface area contributed by atoms with E-state index >= 15 is 0 Å². The highest BCUT2D eigenvalue weighted by Gasteiger charge is 2.08. The molecule has 0 aliphatic rings. The predicted molar refractivity (Wildman–Crippen MR) is 67.4 cm³/mol. The number of hydrogen-bond donors (Lipinski definition) is 2. The lowest BCUT2D eigenvalue weighted by Crippen LogP contribution is -2.35. The van der Waals surface area contributed by atoms with Gasteiger partial charge in [-0.25, -0.2) is 5.43 Å². The lowest BCUT2D eigenvalue weighted by molar-refractivity contribution is -0.138. The molecule has 0 fully saturated rings. The summed E-state index contributed by atoms with van der Waals surface area (Å²) in [5.74, 6) is -0.897. The molecule has 2 N–H and O–H groups in total. The highest BCUT2D eigenvalue weighted by Crippen LogP contribution is 2.15. The molecule has 0 spiro atoms. The molecular formula is C12H15N3O3. The van der Waals surface area contributed by atoms with Crippen molar-refractivity contribution in [2.45, 2.75) is 6.92 Å². The Labute approximate surface area is 105 Å². The third kappa shape index (κ3) is 3.89. The topological polar surface area (TPSA) is 79.8 Å². The van der Waals surface area contributed by atoms with Gasteiger partial charge in [-0.3, -0.25) is 9.59 Å². The number of hydrazone groups is 1. The van der Waals surface area contributed by atoms with Gasteiger partial charge in [0, 0.05) is 12.6 Å². The molecule has 0 saturated heterocycles. The molecular weight excluding hydrogens is 234 g/mol. The number of benzene rings is 1. The van der Waals surface area contributed by atoms with Gasteiger partial charge in [0.05, 0.1) is 12.8 Å². The fourth-order valence-electron chi connectivity index (χ4n) is 1.20. The van der Waals surface area contributed by atoms with Gasteiger partial charge in [0.25, 0.3) is 0 Å². The predicted octanol–water partition coefficient (Wildman–Crippen LogP) is 0.281. The summed E-state index contributed by atoms with van der Waals surface area (Å²) in [6, 6.07) is 7.25. The van der Waals surface area contributed by atoms with Crippen molar-refractivity contribution in [2.24, 2.45) is 5.10 Å². The largest absolute Gasteiger partial charge is 0.493 e. The van der Waals surface area contributed by atoms with Crippen molar-refractivity contribution in [1.82, 2.24) is 10.7 Å². The summed E-state index contributed by atoms with van der Waals surface area (Å²) in [5, 5.41) is 5.88. The number of amides is 2. The fraction of sp³-hybridized carbons (Fsp3) is 0.250. The summed E-state index contributed by atoms with van der Waals surface area (Å²) in [6.07, 6.45) is 1.42. The minimum absolute atomic E-state index is 0.537. The van der Waals surface area contributed by atoms with Crippen molar-refractivity contribution in [3.8, 4) is 5.75 Å². The third-order valence-corrected chi connectivity index (χ3v) is 2.02. The average molecular weight is 249 g/mol. The van der Waals surface area contributed by atoms with Crippen LogP contribution in [0.3, 0.4) is 0 Å². The van der Waals surface area contributed by atoms with Gasteiger partial charge in [-0.05, 0) is 19.1 Å². The first-order valence-electron chi connectivity index (χ1n) is 5.46. The van der Waals surface area contributed by atoms with E-state index in [-0.39, 0.29) is 0 Å². The van der Waals surface area contributed by atoms with Crippen LogP contribution >= 0.6 is 0 Å². The van der Waals surface area contributed by atoms with E-state index in [0.29, 0.717) is 12.4 Å². The Balaban J connectivity index is 2.67. The van der Waals surface area contributed by atoms with E-state index in [2.05, 4.69) is 15.8 Å². The number of ether oxygens (including phenoxy) is 1. The van der Waals surface area contributed by atoms with E-state index in [0.717, 1.165) is 5.56 Å². The van der Waals surface area contributed by atoms with Crippen LogP contribution in [-0.2, 0) is 9.59 Å². The van der Waals surface area contributed by atoms with Crippen molar-refractivity contribution in [3.63, 3.8) is 0 Å². The van der Waals surface area contributed by atoms with Crippen LogP contribution in [0.15, 0.2) is 29.4 Å². The number of rotatable bonds is 4. The number of likely N-dealkylation sites (N-methyl/N-ethyl adjacent to an activating group) is 1. The van der Waals surface area contributed by atoms with Crippen LogP contribution in [0.2, 0.25) is 0 Å². The summed E-state index contributed by atoms with van der Waals surface area (Å²) in [7, 11) is 1.37. The maximum atomic E-state index is 11.1. The zero-order valence-corrected chi connectivity index (χ0v) is 10.3. The van der Waals surface area contributed by atoms with Crippen LogP contribution < -0.4 is 15.5 Å². The summed E-state index contributed by atoms with van der Waals surface area (Å²) < 4.78 is 5.38. The number of hydrogen-bond acceptors (Lipinski definition) is 4. The number of nitrogens with zero attached hydrogens (tertiary/aromatic N) is 1. The molecule has 0 aliphatic carbocycles. The maximum absolute atomic E-state index is 11.1. The van der Waals surface area contributed by atoms with Crippen molar-refractivity contribution in [3.05, 3.63) is 29.8 Å². The van der Waals surface area contributed by atoms with Crippen molar-refractivity contribution >= 4 is 18.0 Å². The number of carbonyl (C=O) groups is 2. The Kier molecular flexibility index (Phi) is 5.37. The molecule has 0 bridgehead atoms. The van der Waals surface area contributed by atoms with Gasteiger partial charge in [0.1, 0.15) is 5.75 Å². The van der Waals surface area contributed by atoms with Gasteiger partial charge < -0.3 is 10.1 Å². The van der Waals surface area contributed by atoms with Gasteiger partial charge in [-0.1, -0.05) is 12.1 Å². The van der Waals surface area contributed by atoms with Crippen LogP contribution in [0, 0.1) is 0 Å². The third-order valence-electron chi connectivity index (χ3n) is 2.02. The van der Waals surface area contributed by atoms with Gasteiger partial charge in [0.2, 0.25) is 0 Å². The first-order chi connectivity index (χ1) is 8.69. The lowest BCUT2D eigenvalue weighted by Gasteiger charge is -2.05. The van der Waals surface area contributed by atoms with Crippen LogP contribution in [0.25, 0.3) is 0 Å². The second-order valence-electron chi connectivity index (χ2n) is 3.25. The molecule has 6 heteroatoms. The Morgan fingerprint density at radius 3 is 2.72 bits per heavy atom. The molecule has 1 rings (SSSR count). The summed E-state index contributed by atoms with van der Waals surface area (Å²) in [6.45, 7) is 2.41. The maximum Gasteiger partial charge on any atom is 0.329 e. The van der Waals surface area contributed by atoms with Crippen LogP contribution in [0.1, 0.15) is 12.5 Å². The van der Waals surface area contributed by atoms with Gasteiger partial charge in [-0.15, -0.1) is 0 Å².